The Kier molecular flexibility index (Phi) is 3.38. The maximum absolute atomic E-state index is 13.0. The van der Waals surface area contributed by atoms with Gasteiger partial charge in [0.05, 0.1) is 5.69 Å². The van der Waals surface area contributed by atoms with Gasteiger partial charge in [-0.1, -0.05) is 30.3 Å². The summed E-state index contributed by atoms with van der Waals surface area (Å²) in [5.41, 5.74) is 1.88. The van der Waals surface area contributed by atoms with Crippen molar-refractivity contribution in [3.8, 4) is 0 Å². The average molecular weight is 338 g/mol. The van der Waals surface area contributed by atoms with Crippen molar-refractivity contribution in [1.82, 2.24) is 18.5 Å². The Morgan fingerprint density at radius 1 is 1.12 bits per heavy atom. The highest BCUT2D eigenvalue weighted by molar-refractivity contribution is 5.75. The van der Waals surface area contributed by atoms with Crippen molar-refractivity contribution in [1.29, 1.82) is 0 Å². The zero-order valence-corrected chi connectivity index (χ0v) is 14.3. The lowest BCUT2D eigenvalue weighted by Crippen LogP contribution is -2.39. The lowest BCUT2D eigenvalue weighted by Gasteiger charge is -2.08. The highest BCUT2D eigenvalue weighted by atomic mass is 16.4. The highest BCUT2D eigenvalue weighted by Crippen LogP contribution is 2.19. The molecule has 0 amide bonds. The number of aromatic nitrogens is 4. The van der Waals surface area contributed by atoms with Gasteiger partial charge >= 0.3 is 11.5 Å². The van der Waals surface area contributed by atoms with Crippen molar-refractivity contribution in [2.24, 2.45) is 7.05 Å². The average Bonchev–Trinajstić information content (AvgIpc) is 3.11. The van der Waals surface area contributed by atoms with Crippen molar-refractivity contribution >= 4 is 17.0 Å². The predicted molar refractivity (Wildman–Crippen MR) is 94.1 cm³/mol. The van der Waals surface area contributed by atoms with E-state index in [4.69, 9.17) is 4.42 Å². The summed E-state index contributed by atoms with van der Waals surface area (Å²) < 4.78 is 9.95. The maximum Gasteiger partial charge on any atom is 0.332 e. The molecular weight excluding hydrogens is 320 g/mol. The van der Waals surface area contributed by atoms with Crippen LogP contribution in [0.5, 0.6) is 0 Å². The van der Waals surface area contributed by atoms with Gasteiger partial charge in [-0.3, -0.25) is 18.3 Å². The summed E-state index contributed by atoms with van der Waals surface area (Å²) in [5, 5.41) is 0. The number of hydrogen-bond donors (Lipinski definition) is 0. The van der Waals surface area contributed by atoms with E-state index >= 15 is 0 Å². The van der Waals surface area contributed by atoms with Crippen LogP contribution in [0.1, 0.15) is 17.0 Å². The van der Waals surface area contributed by atoms with Crippen LogP contribution in [0.4, 0.5) is 0 Å². The van der Waals surface area contributed by atoms with E-state index in [0.717, 1.165) is 11.3 Å². The number of aryl methyl sites for hydroxylation is 4. The molecule has 7 heteroatoms. The predicted octanol–water partition coefficient (Wildman–Crippen LogP) is 1.80. The van der Waals surface area contributed by atoms with Crippen molar-refractivity contribution in [2.45, 2.75) is 26.8 Å². The normalized spacial score (nSPS) is 11.6. The molecule has 0 aliphatic carbocycles. The Morgan fingerprint density at radius 2 is 1.84 bits per heavy atom. The molecule has 0 spiro atoms. The van der Waals surface area contributed by atoms with E-state index in [1.54, 1.807) is 11.4 Å². The van der Waals surface area contributed by atoms with Gasteiger partial charge in [-0.15, -0.1) is 0 Å². The van der Waals surface area contributed by atoms with Gasteiger partial charge in [0.15, 0.2) is 11.2 Å². The highest BCUT2D eigenvalue weighted by Gasteiger charge is 2.20. The van der Waals surface area contributed by atoms with Gasteiger partial charge in [0.25, 0.3) is 5.56 Å². The number of fused-ring (bicyclic) bond motifs is 3. The summed E-state index contributed by atoms with van der Waals surface area (Å²) >= 11 is 0. The molecule has 25 heavy (non-hydrogen) atoms. The Labute approximate surface area is 142 Å². The quantitative estimate of drug-likeness (QED) is 0.571. The monoisotopic (exact) mass is 338 g/mol. The molecule has 4 rings (SSSR count). The van der Waals surface area contributed by atoms with E-state index in [0.29, 0.717) is 35.7 Å². The summed E-state index contributed by atoms with van der Waals surface area (Å²) in [6, 6.07) is 9.78. The Bertz CT molecular complexity index is 1210. The van der Waals surface area contributed by atoms with Crippen molar-refractivity contribution in [2.75, 3.05) is 0 Å². The van der Waals surface area contributed by atoms with Gasteiger partial charge in [0.1, 0.15) is 5.76 Å². The van der Waals surface area contributed by atoms with Crippen LogP contribution < -0.4 is 11.2 Å². The van der Waals surface area contributed by atoms with Crippen LogP contribution in [-0.2, 0) is 20.0 Å². The summed E-state index contributed by atoms with van der Waals surface area (Å²) in [6.45, 7) is 4.01. The van der Waals surface area contributed by atoms with E-state index in [1.807, 2.05) is 44.2 Å². The topological polar surface area (TPSA) is 74.4 Å². The molecule has 0 radical (unpaired) electrons. The molecule has 0 aliphatic heterocycles. The van der Waals surface area contributed by atoms with E-state index < -0.39 is 0 Å². The number of nitrogens with zero attached hydrogens (tertiary/aromatic N) is 4. The van der Waals surface area contributed by atoms with Crippen LogP contribution in [0.15, 0.2) is 44.3 Å². The molecule has 0 aliphatic rings. The number of oxazole rings is 1. The second kappa shape index (κ2) is 5.47. The fourth-order valence-corrected chi connectivity index (χ4v) is 3.13. The summed E-state index contributed by atoms with van der Waals surface area (Å²) in [4.78, 5) is 30.0. The molecule has 128 valence electrons. The molecule has 4 aromatic rings. The van der Waals surface area contributed by atoms with Gasteiger partial charge in [-0.05, 0) is 25.8 Å². The van der Waals surface area contributed by atoms with Crippen molar-refractivity contribution in [3.63, 3.8) is 0 Å². The first-order valence-electron chi connectivity index (χ1n) is 8.11. The minimum Gasteiger partial charge on any atom is -0.428 e. The number of hydrogen-bond acceptors (Lipinski definition) is 4. The standard InChI is InChI=1S/C18H18N4O3/c1-11-12(2)25-17-19-15-14(22(11)17)16(23)21(18(24)20(15)3)10-9-13-7-5-4-6-8-13/h4-8H,9-10H2,1-3H3. The fourth-order valence-electron chi connectivity index (χ4n) is 3.13. The van der Waals surface area contributed by atoms with Crippen LogP contribution in [0.3, 0.4) is 0 Å². The Morgan fingerprint density at radius 3 is 2.56 bits per heavy atom. The van der Waals surface area contributed by atoms with Crippen LogP contribution in [0, 0.1) is 13.8 Å². The van der Waals surface area contributed by atoms with Crippen LogP contribution in [0.25, 0.3) is 17.0 Å². The zero-order valence-electron chi connectivity index (χ0n) is 14.3. The fraction of sp³-hybridized carbons (Fsp3) is 0.278. The second-order valence-corrected chi connectivity index (χ2v) is 6.18. The maximum atomic E-state index is 13.0. The molecule has 1 aromatic carbocycles. The zero-order chi connectivity index (χ0) is 17.7. The van der Waals surface area contributed by atoms with Gasteiger partial charge < -0.3 is 4.42 Å². The molecule has 7 nitrogen and oxygen atoms in total. The van der Waals surface area contributed by atoms with E-state index in [2.05, 4.69) is 4.98 Å². The van der Waals surface area contributed by atoms with Crippen molar-refractivity contribution < 1.29 is 4.42 Å². The van der Waals surface area contributed by atoms with Crippen LogP contribution in [0.2, 0.25) is 0 Å². The van der Waals surface area contributed by atoms with Crippen LogP contribution >= 0.6 is 0 Å². The minimum absolute atomic E-state index is 0.314. The lowest BCUT2D eigenvalue weighted by atomic mass is 10.1. The largest absolute Gasteiger partial charge is 0.428 e. The molecule has 3 heterocycles. The summed E-state index contributed by atoms with van der Waals surface area (Å²) in [6.07, 6.45) is 0.604. The van der Waals surface area contributed by atoms with Crippen LogP contribution in [-0.4, -0.2) is 18.5 Å². The van der Waals surface area contributed by atoms with Crippen molar-refractivity contribution in [3.05, 3.63) is 68.2 Å². The smallest absolute Gasteiger partial charge is 0.332 e. The molecule has 0 bridgehead atoms. The molecule has 0 atom stereocenters. The second-order valence-electron chi connectivity index (χ2n) is 6.18. The van der Waals surface area contributed by atoms with Gasteiger partial charge in [0, 0.05) is 13.6 Å². The molecule has 3 aromatic heterocycles. The summed E-state index contributed by atoms with van der Waals surface area (Å²) in [5.74, 6) is 1.03. The third-order valence-corrected chi connectivity index (χ3v) is 4.67. The molecule has 0 unspecified atom stereocenters. The third kappa shape index (κ3) is 2.23. The molecule has 0 saturated carbocycles. The van der Waals surface area contributed by atoms with E-state index in [9.17, 15) is 9.59 Å². The lowest BCUT2D eigenvalue weighted by molar-refractivity contribution is 0.560. The van der Waals surface area contributed by atoms with Gasteiger partial charge in [-0.2, -0.15) is 4.98 Å². The molecule has 0 saturated heterocycles. The molecular formula is C18H18N4O3. The Hall–Kier alpha value is -3.09. The first kappa shape index (κ1) is 15.4. The van der Waals surface area contributed by atoms with Gasteiger partial charge in [0.2, 0.25) is 0 Å². The number of rotatable bonds is 3. The van der Waals surface area contributed by atoms with E-state index in [1.165, 1.54) is 9.13 Å². The molecule has 0 fully saturated rings. The van der Waals surface area contributed by atoms with Gasteiger partial charge in [-0.25, -0.2) is 4.79 Å². The first-order valence-corrected chi connectivity index (χ1v) is 8.11. The Balaban J connectivity index is 1.94. The molecule has 0 N–H and O–H groups in total. The summed E-state index contributed by atoms with van der Waals surface area (Å²) in [7, 11) is 1.62. The SMILES string of the molecule is Cc1oc2nc3c(c(=O)n(CCc4ccccc4)c(=O)n3C)n2c1C. The minimum atomic E-state index is -0.372. The first-order chi connectivity index (χ1) is 12.0. The number of benzene rings is 1. The third-order valence-electron chi connectivity index (χ3n) is 4.67. The van der Waals surface area contributed by atoms with E-state index in [-0.39, 0.29) is 11.2 Å². The number of imidazole rings is 1.